The second kappa shape index (κ2) is 7.91. The van der Waals surface area contributed by atoms with E-state index in [9.17, 15) is 9.90 Å². The highest BCUT2D eigenvalue weighted by Crippen LogP contribution is 2.49. The first-order valence-corrected chi connectivity index (χ1v) is 9.92. The first-order valence-electron chi connectivity index (χ1n) is 9.54. The summed E-state index contributed by atoms with van der Waals surface area (Å²) in [4.78, 5) is 15.1. The van der Waals surface area contributed by atoms with Crippen LogP contribution in [0.1, 0.15) is 36.3 Å². The van der Waals surface area contributed by atoms with Crippen molar-refractivity contribution in [3.8, 4) is 5.75 Å². The second-order valence-electron chi connectivity index (χ2n) is 7.48. The molecule has 3 atom stereocenters. The molecule has 27 heavy (non-hydrogen) atoms. The summed E-state index contributed by atoms with van der Waals surface area (Å²) in [7, 11) is 0. The number of aromatic hydroxyl groups is 1. The number of rotatable bonds is 6. The molecule has 1 amide bonds. The molecule has 0 aromatic heterocycles. The summed E-state index contributed by atoms with van der Waals surface area (Å²) in [5.74, 6) is 0.631. The highest BCUT2D eigenvalue weighted by atomic mass is 35.5. The number of amides is 1. The van der Waals surface area contributed by atoms with E-state index in [4.69, 9.17) is 16.3 Å². The molecule has 0 spiro atoms. The number of nitrogens with zero attached hydrogens (tertiary/aromatic N) is 1. The summed E-state index contributed by atoms with van der Waals surface area (Å²) in [6.45, 7) is 1.76. The quantitative estimate of drug-likeness (QED) is 0.803. The Kier molecular flexibility index (Phi) is 5.37. The van der Waals surface area contributed by atoms with Gasteiger partial charge in [0.05, 0.1) is 6.10 Å². The van der Waals surface area contributed by atoms with Crippen LogP contribution in [0.2, 0.25) is 5.02 Å². The molecule has 1 aliphatic heterocycles. The van der Waals surface area contributed by atoms with Crippen molar-refractivity contribution in [1.29, 1.82) is 0 Å². The number of halogens is 1. The molecule has 142 valence electrons. The zero-order chi connectivity index (χ0) is 18.8. The highest BCUT2D eigenvalue weighted by molar-refractivity contribution is 6.30. The van der Waals surface area contributed by atoms with Crippen LogP contribution in [0, 0.1) is 5.92 Å². The van der Waals surface area contributed by atoms with Crippen molar-refractivity contribution in [2.45, 2.75) is 37.8 Å². The van der Waals surface area contributed by atoms with E-state index in [2.05, 4.69) is 0 Å². The van der Waals surface area contributed by atoms with E-state index >= 15 is 0 Å². The van der Waals surface area contributed by atoms with E-state index < -0.39 is 0 Å². The minimum Gasteiger partial charge on any atom is -0.508 e. The van der Waals surface area contributed by atoms with Gasteiger partial charge in [-0.25, -0.2) is 0 Å². The predicted octanol–water partition coefficient (Wildman–Crippen LogP) is 4.36. The summed E-state index contributed by atoms with van der Waals surface area (Å²) in [5.41, 5.74) is 1.94. The molecule has 3 unspecified atom stereocenters. The van der Waals surface area contributed by atoms with Crippen LogP contribution in [0.15, 0.2) is 48.5 Å². The molecule has 0 radical (unpaired) electrons. The van der Waals surface area contributed by atoms with Crippen LogP contribution in [-0.4, -0.2) is 35.2 Å². The Bertz CT molecular complexity index is 801. The average molecular weight is 386 g/mol. The van der Waals surface area contributed by atoms with Crippen LogP contribution in [0.4, 0.5) is 0 Å². The lowest BCUT2D eigenvalue weighted by Crippen LogP contribution is -2.38. The number of phenols is 1. The van der Waals surface area contributed by atoms with E-state index in [1.807, 2.05) is 41.3 Å². The van der Waals surface area contributed by atoms with Crippen LogP contribution < -0.4 is 0 Å². The zero-order valence-corrected chi connectivity index (χ0v) is 15.9. The van der Waals surface area contributed by atoms with Crippen LogP contribution in [0.5, 0.6) is 5.75 Å². The summed E-state index contributed by atoms with van der Waals surface area (Å²) in [6.07, 6.45) is 2.98. The first-order chi connectivity index (χ1) is 13.1. The minimum absolute atomic E-state index is 0.00145. The third kappa shape index (κ3) is 4.28. The third-order valence-corrected chi connectivity index (χ3v) is 5.77. The van der Waals surface area contributed by atoms with Crippen molar-refractivity contribution in [1.82, 2.24) is 4.90 Å². The summed E-state index contributed by atoms with van der Waals surface area (Å²) >= 11 is 5.97. The fourth-order valence-corrected chi connectivity index (χ4v) is 4.02. The Morgan fingerprint density at radius 2 is 1.96 bits per heavy atom. The van der Waals surface area contributed by atoms with E-state index in [-0.39, 0.29) is 29.6 Å². The topological polar surface area (TPSA) is 49.8 Å². The molecule has 1 N–H and O–H groups in total. The van der Waals surface area contributed by atoms with Gasteiger partial charge in [0.2, 0.25) is 5.91 Å². The summed E-state index contributed by atoms with van der Waals surface area (Å²) in [6, 6.07) is 15.0. The largest absolute Gasteiger partial charge is 0.508 e. The molecule has 2 aromatic rings. The number of ether oxygens (including phenoxy) is 1. The Morgan fingerprint density at radius 3 is 2.67 bits per heavy atom. The van der Waals surface area contributed by atoms with E-state index in [0.29, 0.717) is 18.1 Å². The Labute approximate surface area is 164 Å². The highest BCUT2D eigenvalue weighted by Gasteiger charge is 2.46. The maximum Gasteiger partial charge on any atom is 0.226 e. The molecular weight excluding hydrogens is 362 g/mol. The van der Waals surface area contributed by atoms with Crippen molar-refractivity contribution in [2.75, 3.05) is 13.2 Å². The second-order valence-corrected chi connectivity index (χ2v) is 7.92. The maximum atomic E-state index is 13.2. The SMILES string of the molecule is O=C(C1CC1c1ccc(Cl)cc1)N(Cc1ccccc1O)CC1CCCO1. The molecule has 2 aromatic carbocycles. The first kappa shape index (κ1) is 18.3. The Hall–Kier alpha value is -2.04. The van der Waals surface area contributed by atoms with Gasteiger partial charge >= 0.3 is 0 Å². The lowest BCUT2D eigenvalue weighted by atomic mass is 10.1. The summed E-state index contributed by atoms with van der Waals surface area (Å²) in [5, 5.41) is 10.8. The van der Waals surface area contributed by atoms with Gasteiger partial charge in [0.1, 0.15) is 5.75 Å². The van der Waals surface area contributed by atoms with Gasteiger partial charge in [0.25, 0.3) is 0 Å². The number of carbonyl (C=O) groups excluding carboxylic acids is 1. The van der Waals surface area contributed by atoms with Crippen LogP contribution in [-0.2, 0) is 16.1 Å². The van der Waals surface area contributed by atoms with Gasteiger partial charge in [-0.1, -0.05) is 41.9 Å². The van der Waals surface area contributed by atoms with Gasteiger partial charge in [-0.15, -0.1) is 0 Å². The van der Waals surface area contributed by atoms with Gasteiger partial charge in [0.15, 0.2) is 0 Å². The third-order valence-electron chi connectivity index (χ3n) is 5.52. The molecule has 1 heterocycles. The van der Waals surface area contributed by atoms with E-state index in [0.717, 1.165) is 37.0 Å². The molecule has 1 saturated carbocycles. The number of hydrogen-bond acceptors (Lipinski definition) is 3. The van der Waals surface area contributed by atoms with Gasteiger partial charge < -0.3 is 14.7 Å². The number of carbonyl (C=O) groups is 1. The van der Waals surface area contributed by atoms with Gasteiger partial charge in [-0.3, -0.25) is 4.79 Å². The van der Waals surface area contributed by atoms with Gasteiger partial charge in [-0.2, -0.15) is 0 Å². The molecule has 1 saturated heterocycles. The summed E-state index contributed by atoms with van der Waals surface area (Å²) < 4.78 is 5.76. The van der Waals surface area contributed by atoms with Crippen molar-refractivity contribution < 1.29 is 14.6 Å². The van der Waals surface area contributed by atoms with Crippen molar-refractivity contribution >= 4 is 17.5 Å². The van der Waals surface area contributed by atoms with Gasteiger partial charge in [0, 0.05) is 36.2 Å². The van der Waals surface area contributed by atoms with Crippen LogP contribution >= 0.6 is 11.6 Å². The maximum absolute atomic E-state index is 13.2. The number of phenolic OH excluding ortho intramolecular Hbond substituents is 1. The molecular formula is C22H24ClNO3. The molecule has 0 bridgehead atoms. The monoisotopic (exact) mass is 385 g/mol. The smallest absolute Gasteiger partial charge is 0.226 e. The lowest BCUT2D eigenvalue weighted by molar-refractivity contribution is -0.135. The average Bonchev–Trinajstić information content (AvgIpc) is 3.30. The molecule has 2 fully saturated rings. The molecule has 2 aliphatic rings. The zero-order valence-electron chi connectivity index (χ0n) is 15.2. The molecule has 4 nitrogen and oxygen atoms in total. The van der Waals surface area contributed by atoms with Gasteiger partial charge in [-0.05, 0) is 48.9 Å². The fourth-order valence-electron chi connectivity index (χ4n) is 3.90. The van der Waals surface area contributed by atoms with Crippen molar-refractivity contribution in [3.63, 3.8) is 0 Å². The van der Waals surface area contributed by atoms with E-state index in [1.165, 1.54) is 0 Å². The van der Waals surface area contributed by atoms with Crippen LogP contribution in [0.3, 0.4) is 0 Å². The van der Waals surface area contributed by atoms with Crippen molar-refractivity contribution in [3.05, 3.63) is 64.7 Å². The normalized spacial score (nSPS) is 24.0. The molecule has 1 aliphatic carbocycles. The van der Waals surface area contributed by atoms with E-state index in [1.54, 1.807) is 12.1 Å². The number of benzene rings is 2. The lowest BCUT2D eigenvalue weighted by Gasteiger charge is -2.26. The number of hydrogen-bond donors (Lipinski definition) is 1. The Balaban J connectivity index is 1.48. The number of para-hydroxylation sites is 1. The standard InChI is InChI=1S/C22H24ClNO3/c23-17-9-7-15(8-10-17)19-12-20(19)22(26)24(14-18-5-3-11-27-18)13-16-4-1-2-6-21(16)25/h1-2,4,6-10,18-20,25H,3,5,11-14H2. The molecule has 5 heteroatoms. The van der Waals surface area contributed by atoms with Crippen LogP contribution in [0.25, 0.3) is 0 Å². The fraction of sp³-hybridized carbons (Fsp3) is 0.409. The predicted molar refractivity (Wildman–Crippen MR) is 105 cm³/mol. The minimum atomic E-state index is -0.00145. The Morgan fingerprint density at radius 1 is 1.19 bits per heavy atom. The molecule has 4 rings (SSSR count). The van der Waals surface area contributed by atoms with Crippen molar-refractivity contribution in [2.24, 2.45) is 5.92 Å².